The van der Waals surface area contributed by atoms with Crippen LogP contribution in [0.3, 0.4) is 0 Å². The number of amides is 1. The number of hydrogen-bond donors (Lipinski definition) is 1. The molecular weight excluding hydrogens is 249 g/mol. The summed E-state index contributed by atoms with van der Waals surface area (Å²) >= 11 is 0. The molecule has 0 heterocycles. The van der Waals surface area contributed by atoms with Gasteiger partial charge in [0.1, 0.15) is 0 Å². The fourth-order valence-corrected chi connectivity index (χ4v) is 1.70. The molecule has 0 aliphatic heterocycles. The first kappa shape index (κ1) is 15.4. The maximum absolute atomic E-state index is 13.7. The van der Waals surface area contributed by atoms with Crippen molar-refractivity contribution in [3.8, 4) is 5.75 Å². The Bertz CT molecular complexity index is 431. The number of carbonyl (C=O) groups excluding carboxylic acids is 1. The van der Waals surface area contributed by atoms with E-state index in [1.807, 2.05) is 13.8 Å². The number of aliphatic hydroxyl groups excluding tert-OH is 1. The first-order valence-electron chi connectivity index (χ1n) is 6.37. The molecule has 1 aromatic carbocycles. The number of rotatable bonds is 6. The largest absolute Gasteiger partial charge is 0.481 e. The van der Waals surface area contributed by atoms with Gasteiger partial charge >= 0.3 is 0 Å². The molecule has 0 aliphatic rings. The monoisotopic (exact) mass is 269 g/mol. The van der Waals surface area contributed by atoms with Gasteiger partial charge < -0.3 is 14.7 Å². The molecule has 0 saturated heterocycles. The third-order valence-electron chi connectivity index (χ3n) is 2.91. The number of likely N-dealkylation sites (N-methyl/N-ethyl adjacent to an activating group) is 1. The fourth-order valence-electron chi connectivity index (χ4n) is 1.70. The first-order valence-corrected chi connectivity index (χ1v) is 6.37. The van der Waals surface area contributed by atoms with E-state index < -0.39 is 11.9 Å². The molecule has 1 aromatic rings. The van der Waals surface area contributed by atoms with Gasteiger partial charge in [-0.25, -0.2) is 4.39 Å². The summed E-state index contributed by atoms with van der Waals surface area (Å²) in [5.41, 5.74) is 0.472. The highest BCUT2D eigenvalue weighted by atomic mass is 19.1. The van der Waals surface area contributed by atoms with Crippen LogP contribution in [0.25, 0.3) is 0 Å². The minimum atomic E-state index is -0.735. The van der Waals surface area contributed by atoms with Gasteiger partial charge in [0.15, 0.2) is 18.2 Å². The zero-order chi connectivity index (χ0) is 14.4. The number of carbonyl (C=O) groups is 1. The minimum absolute atomic E-state index is 0.0184. The van der Waals surface area contributed by atoms with Crippen LogP contribution in [0.1, 0.15) is 32.4 Å². The average molecular weight is 269 g/mol. The van der Waals surface area contributed by atoms with E-state index >= 15 is 0 Å². The first-order chi connectivity index (χ1) is 8.99. The molecule has 0 saturated carbocycles. The van der Waals surface area contributed by atoms with Crippen LogP contribution in [0.4, 0.5) is 4.39 Å². The van der Waals surface area contributed by atoms with Gasteiger partial charge in [0, 0.05) is 13.1 Å². The summed E-state index contributed by atoms with van der Waals surface area (Å²) in [6.07, 6.45) is -0.735. The summed E-state index contributed by atoms with van der Waals surface area (Å²) in [7, 11) is 0. The van der Waals surface area contributed by atoms with Gasteiger partial charge in [-0.3, -0.25) is 4.79 Å². The number of hydrogen-bond acceptors (Lipinski definition) is 3. The topological polar surface area (TPSA) is 49.8 Å². The van der Waals surface area contributed by atoms with Crippen molar-refractivity contribution in [1.82, 2.24) is 4.90 Å². The molecule has 1 rings (SSSR count). The van der Waals surface area contributed by atoms with E-state index in [1.165, 1.54) is 12.1 Å². The van der Waals surface area contributed by atoms with Gasteiger partial charge in [0.25, 0.3) is 5.91 Å². The molecule has 0 radical (unpaired) electrons. The molecule has 1 N–H and O–H groups in total. The van der Waals surface area contributed by atoms with Crippen LogP contribution in [0.2, 0.25) is 0 Å². The lowest BCUT2D eigenvalue weighted by atomic mass is 10.1. The Kier molecular flexibility index (Phi) is 5.76. The molecule has 1 unspecified atom stereocenters. The van der Waals surface area contributed by atoms with Crippen LogP contribution >= 0.6 is 0 Å². The molecule has 0 spiro atoms. The van der Waals surface area contributed by atoms with E-state index in [9.17, 15) is 14.3 Å². The van der Waals surface area contributed by atoms with Crippen molar-refractivity contribution >= 4 is 5.91 Å². The summed E-state index contributed by atoms with van der Waals surface area (Å²) in [5.74, 6) is -0.736. The van der Waals surface area contributed by atoms with E-state index in [2.05, 4.69) is 0 Å². The molecule has 0 aliphatic carbocycles. The number of benzene rings is 1. The van der Waals surface area contributed by atoms with Gasteiger partial charge in [-0.15, -0.1) is 0 Å². The highest BCUT2D eigenvalue weighted by Gasteiger charge is 2.13. The Balaban J connectivity index is 2.66. The zero-order valence-electron chi connectivity index (χ0n) is 11.5. The van der Waals surface area contributed by atoms with E-state index in [1.54, 1.807) is 17.9 Å². The summed E-state index contributed by atoms with van der Waals surface area (Å²) in [4.78, 5) is 13.3. The predicted molar refractivity (Wildman–Crippen MR) is 70.5 cm³/mol. The molecule has 5 heteroatoms. The SMILES string of the molecule is CCN(CC)C(=O)COc1ccc(C(C)O)cc1F. The number of halogens is 1. The minimum Gasteiger partial charge on any atom is -0.481 e. The lowest BCUT2D eigenvalue weighted by Crippen LogP contribution is -2.34. The van der Waals surface area contributed by atoms with Gasteiger partial charge in [-0.05, 0) is 38.5 Å². The van der Waals surface area contributed by atoms with E-state index in [4.69, 9.17) is 4.74 Å². The Morgan fingerprint density at radius 3 is 2.53 bits per heavy atom. The van der Waals surface area contributed by atoms with E-state index in [0.29, 0.717) is 18.7 Å². The molecule has 0 fully saturated rings. The predicted octanol–water partition coefficient (Wildman–Crippen LogP) is 2.13. The van der Waals surface area contributed by atoms with Gasteiger partial charge in [-0.2, -0.15) is 0 Å². The zero-order valence-corrected chi connectivity index (χ0v) is 11.5. The van der Waals surface area contributed by atoms with Crippen LogP contribution in [0, 0.1) is 5.82 Å². The van der Waals surface area contributed by atoms with Gasteiger partial charge in [0.2, 0.25) is 0 Å². The normalized spacial score (nSPS) is 12.1. The summed E-state index contributed by atoms with van der Waals surface area (Å²) in [6.45, 7) is 6.31. The molecule has 19 heavy (non-hydrogen) atoms. The highest BCUT2D eigenvalue weighted by molar-refractivity contribution is 5.77. The molecule has 4 nitrogen and oxygen atoms in total. The van der Waals surface area contributed by atoms with Crippen molar-refractivity contribution in [2.24, 2.45) is 0 Å². The standard InChI is InChI=1S/C14H20FNO3/c1-4-16(5-2)14(18)9-19-13-7-6-11(10(3)17)8-12(13)15/h6-8,10,17H,4-5,9H2,1-3H3. The molecule has 0 bridgehead atoms. The van der Waals surface area contributed by atoms with Crippen molar-refractivity contribution in [2.45, 2.75) is 26.9 Å². The Morgan fingerprint density at radius 2 is 2.05 bits per heavy atom. The number of nitrogens with zero attached hydrogens (tertiary/aromatic N) is 1. The van der Waals surface area contributed by atoms with Crippen molar-refractivity contribution in [2.75, 3.05) is 19.7 Å². The Labute approximate surface area is 112 Å². The quantitative estimate of drug-likeness (QED) is 0.860. The van der Waals surface area contributed by atoms with Gasteiger partial charge in [-0.1, -0.05) is 6.07 Å². The lowest BCUT2D eigenvalue weighted by molar-refractivity contribution is -0.133. The Morgan fingerprint density at radius 1 is 1.42 bits per heavy atom. The van der Waals surface area contributed by atoms with E-state index in [-0.39, 0.29) is 18.3 Å². The van der Waals surface area contributed by atoms with E-state index in [0.717, 1.165) is 0 Å². The van der Waals surface area contributed by atoms with Crippen molar-refractivity contribution in [3.05, 3.63) is 29.6 Å². The maximum Gasteiger partial charge on any atom is 0.260 e. The fraction of sp³-hybridized carbons (Fsp3) is 0.500. The summed E-state index contributed by atoms with van der Waals surface area (Å²) in [6, 6.07) is 4.21. The van der Waals surface area contributed by atoms with Crippen molar-refractivity contribution < 1.29 is 19.0 Å². The molecule has 1 amide bonds. The second-order valence-corrected chi connectivity index (χ2v) is 4.22. The third kappa shape index (κ3) is 4.21. The smallest absolute Gasteiger partial charge is 0.260 e. The van der Waals surface area contributed by atoms with Gasteiger partial charge in [0.05, 0.1) is 6.10 Å². The lowest BCUT2D eigenvalue weighted by Gasteiger charge is -2.18. The molecule has 1 atom stereocenters. The second-order valence-electron chi connectivity index (χ2n) is 4.22. The summed E-state index contributed by atoms with van der Waals surface area (Å²) in [5, 5.41) is 9.33. The Hall–Kier alpha value is -1.62. The van der Waals surface area contributed by atoms with Crippen molar-refractivity contribution in [1.29, 1.82) is 0 Å². The number of aliphatic hydroxyl groups is 1. The van der Waals surface area contributed by atoms with Crippen LogP contribution in [0.15, 0.2) is 18.2 Å². The van der Waals surface area contributed by atoms with Crippen LogP contribution in [-0.4, -0.2) is 35.6 Å². The van der Waals surface area contributed by atoms with Crippen LogP contribution in [-0.2, 0) is 4.79 Å². The molecular formula is C14H20FNO3. The average Bonchev–Trinajstić information content (AvgIpc) is 2.38. The summed E-state index contributed by atoms with van der Waals surface area (Å²) < 4.78 is 18.8. The van der Waals surface area contributed by atoms with Crippen LogP contribution in [0.5, 0.6) is 5.75 Å². The highest BCUT2D eigenvalue weighted by Crippen LogP contribution is 2.21. The third-order valence-corrected chi connectivity index (χ3v) is 2.91. The molecule has 0 aromatic heterocycles. The van der Waals surface area contributed by atoms with Crippen molar-refractivity contribution in [3.63, 3.8) is 0 Å². The number of ether oxygens (including phenoxy) is 1. The van der Waals surface area contributed by atoms with Crippen LogP contribution < -0.4 is 4.74 Å². The second kappa shape index (κ2) is 7.09. The maximum atomic E-state index is 13.7. The molecule has 106 valence electrons.